The van der Waals surface area contributed by atoms with Gasteiger partial charge in [-0.2, -0.15) is 0 Å². The number of carbonyl (C=O) groups is 1. The highest BCUT2D eigenvalue weighted by atomic mass is 127. The second kappa shape index (κ2) is 12.6. The topological polar surface area (TPSA) is 60.0 Å². The summed E-state index contributed by atoms with van der Waals surface area (Å²) in [5, 5.41) is 9.09. The number of rotatable bonds is 7. The first-order valence-corrected chi connectivity index (χ1v) is 12.2. The normalized spacial score (nSPS) is 19.7. The number of likely N-dealkylation sites (tertiary alicyclic amines) is 1. The van der Waals surface area contributed by atoms with Gasteiger partial charge in [-0.05, 0) is 60.9 Å². The minimum absolute atomic E-state index is 0. The average Bonchev–Trinajstić information content (AvgIpc) is 3.46. The van der Waals surface area contributed by atoms with Gasteiger partial charge in [-0.15, -0.1) is 35.3 Å². The largest absolute Gasteiger partial charge is 0.356 e. The maximum Gasteiger partial charge on any atom is 0.227 e. The van der Waals surface area contributed by atoms with Gasteiger partial charge in [0.05, 0.1) is 0 Å². The first-order valence-electron chi connectivity index (χ1n) is 11.3. The Morgan fingerprint density at radius 1 is 1.16 bits per heavy atom. The number of hydrogen-bond acceptors (Lipinski definition) is 4. The molecule has 0 spiro atoms. The number of nitrogens with one attached hydrogen (secondary N) is 2. The zero-order valence-electron chi connectivity index (χ0n) is 18.8. The van der Waals surface area contributed by atoms with Gasteiger partial charge in [0.15, 0.2) is 5.96 Å². The summed E-state index contributed by atoms with van der Waals surface area (Å²) in [7, 11) is 1.82. The molecule has 3 heterocycles. The molecule has 4 rings (SSSR count). The van der Waals surface area contributed by atoms with Crippen molar-refractivity contribution in [1.82, 2.24) is 15.5 Å². The molecule has 0 aliphatic carbocycles. The zero-order chi connectivity index (χ0) is 21.5. The monoisotopic (exact) mass is 567 g/mol. The Hall–Kier alpha value is -1.65. The van der Waals surface area contributed by atoms with Gasteiger partial charge in [0.1, 0.15) is 0 Å². The predicted octanol–water partition coefficient (Wildman–Crippen LogP) is 4.07. The second-order valence-electron chi connectivity index (χ2n) is 8.44. The number of nitrogens with zero attached hydrogens (tertiary/aromatic N) is 3. The lowest BCUT2D eigenvalue weighted by Crippen LogP contribution is -2.44. The summed E-state index contributed by atoms with van der Waals surface area (Å²) < 4.78 is 0. The zero-order valence-corrected chi connectivity index (χ0v) is 21.9. The third-order valence-corrected chi connectivity index (χ3v) is 6.99. The van der Waals surface area contributed by atoms with E-state index in [-0.39, 0.29) is 29.9 Å². The summed E-state index contributed by atoms with van der Waals surface area (Å²) in [6.45, 7) is 5.89. The quantitative estimate of drug-likeness (QED) is 0.301. The van der Waals surface area contributed by atoms with Gasteiger partial charge in [-0.1, -0.05) is 18.2 Å². The molecule has 2 saturated heterocycles. The van der Waals surface area contributed by atoms with E-state index in [9.17, 15) is 4.79 Å². The Balaban J connectivity index is 0.00000289. The third-order valence-electron chi connectivity index (χ3n) is 6.13. The van der Waals surface area contributed by atoms with E-state index in [0.717, 1.165) is 44.2 Å². The van der Waals surface area contributed by atoms with Crippen molar-refractivity contribution in [2.75, 3.05) is 38.1 Å². The molecule has 174 valence electrons. The third kappa shape index (κ3) is 6.92. The Morgan fingerprint density at radius 2 is 2.00 bits per heavy atom. The maximum atomic E-state index is 11.9. The van der Waals surface area contributed by atoms with Crippen molar-refractivity contribution in [3.8, 4) is 0 Å². The van der Waals surface area contributed by atoms with Crippen LogP contribution in [0.1, 0.15) is 36.1 Å². The average molecular weight is 568 g/mol. The van der Waals surface area contributed by atoms with Gasteiger partial charge in [-0.25, -0.2) is 0 Å². The number of hydrogen-bond donors (Lipinski definition) is 2. The van der Waals surface area contributed by atoms with Crippen LogP contribution in [0, 0.1) is 5.92 Å². The van der Waals surface area contributed by atoms with Crippen molar-refractivity contribution in [1.29, 1.82) is 0 Å². The van der Waals surface area contributed by atoms with E-state index >= 15 is 0 Å². The summed E-state index contributed by atoms with van der Waals surface area (Å²) in [5.74, 6) is 1.71. The van der Waals surface area contributed by atoms with Crippen LogP contribution >= 0.6 is 35.3 Å². The van der Waals surface area contributed by atoms with Gasteiger partial charge in [0.25, 0.3) is 0 Å². The molecule has 1 amide bonds. The van der Waals surface area contributed by atoms with Gasteiger partial charge in [0, 0.05) is 56.8 Å². The molecule has 1 aromatic heterocycles. The Kier molecular flexibility index (Phi) is 9.80. The molecule has 2 aromatic rings. The van der Waals surface area contributed by atoms with Crippen LogP contribution in [-0.4, -0.2) is 50.0 Å². The van der Waals surface area contributed by atoms with Crippen LogP contribution in [0.3, 0.4) is 0 Å². The molecular formula is C24H34IN5OS. The van der Waals surface area contributed by atoms with Gasteiger partial charge >= 0.3 is 0 Å². The molecule has 32 heavy (non-hydrogen) atoms. The molecule has 2 fully saturated rings. The number of thiophene rings is 1. The number of halogens is 1. The SMILES string of the molecule is CN=C(NCc1ccc(N2CCCC2=O)cc1)NCC1CCCN(Cc2cccs2)C1.I. The molecule has 2 N–H and O–H groups in total. The van der Waals surface area contributed by atoms with E-state index < -0.39 is 0 Å². The molecule has 1 unspecified atom stereocenters. The van der Waals surface area contributed by atoms with Crippen LogP contribution in [0.15, 0.2) is 46.8 Å². The predicted molar refractivity (Wildman–Crippen MR) is 144 cm³/mol. The Labute approximate surface area is 212 Å². The molecule has 6 nitrogen and oxygen atoms in total. The molecule has 1 aromatic carbocycles. The van der Waals surface area contributed by atoms with Crippen molar-refractivity contribution >= 4 is 52.9 Å². The van der Waals surface area contributed by atoms with Crippen molar-refractivity contribution in [2.45, 2.75) is 38.8 Å². The lowest BCUT2D eigenvalue weighted by molar-refractivity contribution is -0.117. The Morgan fingerprint density at radius 3 is 2.69 bits per heavy atom. The van der Waals surface area contributed by atoms with Crippen molar-refractivity contribution in [3.63, 3.8) is 0 Å². The first-order chi connectivity index (χ1) is 15.2. The number of guanidine groups is 1. The van der Waals surface area contributed by atoms with Crippen LogP contribution in [0.2, 0.25) is 0 Å². The molecule has 0 bridgehead atoms. The standard InChI is InChI=1S/C24H33N5OS.HI/c1-25-24(26-15-19-8-10-21(11-9-19)29-13-3-7-23(29)30)27-16-20-5-2-12-28(17-20)18-22-6-4-14-31-22;/h4,6,8-11,14,20H,2-3,5,7,12-13,15-18H2,1H3,(H2,25,26,27);1H. The lowest BCUT2D eigenvalue weighted by atomic mass is 9.98. The van der Waals surface area contributed by atoms with Crippen LogP contribution in [0.5, 0.6) is 0 Å². The summed E-state index contributed by atoms with van der Waals surface area (Å²) in [6.07, 6.45) is 4.15. The van der Waals surface area contributed by atoms with Gasteiger partial charge in [-0.3, -0.25) is 14.7 Å². The number of benzene rings is 1. The van der Waals surface area contributed by atoms with E-state index in [1.807, 2.05) is 35.4 Å². The molecule has 0 radical (unpaired) electrons. The molecule has 2 aliphatic rings. The number of amides is 1. The smallest absolute Gasteiger partial charge is 0.227 e. The second-order valence-corrected chi connectivity index (χ2v) is 9.48. The highest BCUT2D eigenvalue weighted by Gasteiger charge is 2.22. The number of piperidine rings is 1. The minimum Gasteiger partial charge on any atom is -0.356 e. The van der Waals surface area contributed by atoms with Crippen LogP contribution in [0.25, 0.3) is 0 Å². The fraction of sp³-hybridized carbons (Fsp3) is 0.500. The van der Waals surface area contributed by atoms with Crippen molar-refractivity contribution in [3.05, 3.63) is 52.2 Å². The van der Waals surface area contributed by atoms with E-state index in [0.29, 0.717) is 18.9 Å². The van der Waals surface area contributed by atoms with E-state index in [1.165, 1.54) is 29.8 Å². The highest BCUT2D eigenvalue weighted by molar-refractivity contribution is 14.0. The van der Waals surface area contributed by atoms with Gasteiger partial charge in [0.2, 0.25) is 5.91 Å². The summed E-state index contributed by atoms with van der Waals surface area (Å²) in [5.41, 5.74) is 2.18. The molecule has 2 aliphatic heterocycles. The summed E-state index contributed by atoms with van der Waals surface area (Å²) >= 11 is 1.85. The van der Waals surface area contributed by atoms with E-state index in [1.54, 1.807) is 0 Å². The number of anilines is 1. The Bertz CT molecular complexity index is 871. The van der Waals surface area contributed by atoms with Crippen molar-refractivity contribution in [2.24, 2.45) is 10.9 Å². The maximum absolute atomic E-state index is 11.9. The van der Waals surface area contributed by atoms with Crippen LogP contribution < -0.4 is 15.5 Å². The first kappa shape index (κ1) is 25.0. The van der Waals surface area contributed by atoms with Crippen molar-refractivity contribution < 1.29 is 4.79 Å². The van der Waals surface area contributed by atoms with E-state index in [2.05, 4.69) is 50.2 Å². The summed E-state index contributed by atoms with van der Waals surface area (Å²) in [6, 6.07) is 12.6. The van der Waals surface area contributed by atoms with Gasteiger partial charge < -0.3 is 15.5 Å². The highest BCUT2D eigenvalue weighted by Crippen LogP contribution is 2.22. The number of aliphatic imine (C=N–C) groups is 1. The fourth-order valence-electron chi connectivity index (χ4n) is 4.45. The van der Waals surface area contributed by atoms with E-state index in [4.69, 9.17) is 0 Å². The fourth-order valence-corrected chi connectivity index (χ4v) is 5.19. The molecular weight excluding hydrogens is 533 g/mol. The minimum atomic E-state index is 0. The summed E-state index contributed by atoms with van der Waals surface area (Å²) in [4.78, 5) is 22.2. The molecule has 0 saturated carbocycles. The molecule has 8 heteroatoms. The van der Waals surface area contributed by atoms with Crippen LogP contribution in [0.4, 0.5) is 5.69 Å². The number of carbonyl (C=O) groups excluding carboxylic acids is 1. The lowest BCUT2D eigenvalue weighted by Gasteiger charge is -2.32. The van der Waals surface area contributed by atoms with Crippen LogP contribution in [-0.2, 0) is 17.9 Å². The molecule has 1 atom stereocenters.